The van der Waals surface area contributed by atoms with Crippen LogP contribution in [-0.2, 0) is 12.1 Å². The number of halogens is 2. The first-order valence-electron chi connectivity index (χ1n) is 5.85. The van der Waals surface area contributed by atoms with Crippen LogP contribution in [0.1, 0.15) is 26.6 Å². The molecule has 0 spiro atoms. The van der Waals surface area contributed by atoms with Crippen molar-refractivity contribution < 1.29 is 5.11 Å². The summed E-state index contributed by atoms with van der Waals surface area (Å²) in [5, 5.41) is 18.3. The molecule has 0 atom stereocenters. The standard InChI is InChI=1S/C13H15BrClN3O/c1-13(2,3)18-11(7-19)16-17-12(18)9-6-8(15)4-5-10(9)14/h4-6,19H,7H2,1-3H3. The number of aliphatic hydroxyl groups is 1. The number of hydrogen-bond acceptors (Lipinski definition) is 3. The van der Waals surface area contributed by atoms with E-state index in [2.05, 4.69) is 26.1 Å². The van der Waals surface area contributed by atoms with Crippen LogP contribution in [0.25, 0.3) is 11.4 Å². The molecule has 0 amide bonds. The summed E-state index contributed by atoms with van der Waals surface area (Å²) in [6.45, 7) is 5.97. The third-order valence-electron chi connectivity index (χ3n) is 2.71. The molecule has 2 aromatic rings. The van der Waals surface area contributed by atoms with Crippen LogP contribution in [0, 0.1) is 0 Å². The van der Waals surface area contributed by atoms with Crippen molar-refractivity contribution in [2.45, 2.75) is 32.9 Å². The molecule has 0 radical (unpaired) electrons. The second-order valence-electron chi connectivity index (χ2n) is 5.23. The molecule has 0 bridgehead atoms. The molecule has 1 aromatic carbocycles. The lowest BCUT2D eigenvalue weighted by molar-refractivity contribution is 0.250. The molecule has 6 heteroatoms. The van der Waals surface area contributed by atoms with Gasteiger partial charge < -0.3 is 9.67 Å². The van der Waals surface area contributed by atoms with Crippen molar-refractivity contribution in [2.24, 2.45) is 0 Å². The third-order valence-corrected chi connectivity index (χ3v) is 3.64. The van der Waals surface area contributed by atoms with Gasteiger partial charge in [0.15, 0.2) is 11.6 Å². The fraction of sp³-hybridized carbons (Fsp3) is 0.385. The molecule has 102 valence electrons. The van der Waals surface area contributed by atoms with Crippen molar-refractivity contribution >= 4 is 27.5 Å². The average Bonchev–Trinajstić information content (AvgIpc) is 2.75. The zero-order valence-electron chi connectivity index (χ0n) is 11.0. The molecular weight excluding hydrogens is 330 g/mol. The van der Waals surface area contributed by atoms with Crippen LogP contribution in [0.15, 0.2) is 22.7 Å². The number of benzene rings is 1. The number of hydrogen-bond donors (Lipinski definition) is 1. The quantitative estimate of drug-likeness (QED) is 0.905. The van der Waals surface area contributed by atoms with Crippen LogP contribution in [0.2, 0.25) is 5.02 Å². The van der Waals surface area contributed by atoms with Crippen LogP contribution in [-0.4, -0.2) is 19.9 Å². The van der Waals surface area contributed by atoms with Crippen LogP contribution < -0.4 is 0 Å². The SMILES string of the molecule is CC(C)(C)n1c(CO)nnc1-c1cc(Cl)ccc1Br. The van der Waals surface area contributed by atoms with E-state index >= 15 is 0 Å². The van der Waals surface area contributed by atoms with Crippen LogP contribution in [0.3, 0.4) is 0 Å². The lowest BCUT2D eigenvalue weighted by Gasteiger charge is -2.25. The summed E-state index contributed by atoms with van der Waals surface area (Å²) in [5.41, 5.74) is 0.619. The average molecular weight is 345 g/mol. The second-order valence-corrected chi connectivity index (χ2v) is 6.52. The Morgan fingerprint density at radius 3 is 2.58 bits per heavy atom. The molecule has 0 aliphatic rings. The molecular formula is C13H15BrClN3O. The van der Waals surface area contributed by atoms with Crippen molar-refractivity contribution in [3.05, 3.63) is 33.5 Å². The summed E-state index contributed by atoms with van der Waals surface area (Å²) in [6, 6.07) is 5.51. The van der Waals surface area contributed by atoms with Crippen molar-refractivity contribution in [3.8, 4) is 11.4 Å². The smallest absolute Gasteiger partial charge is 0.165 e. The molecule has 0 aliphatic heterocycles. The van der Waals surface area contributed by atoms with Gasteiger partial charge in [-0.2, -0.15) is 0 Å². The van der Waals surface area contributed by atoms with E-state index in [-0.39, 0.29) is 12.1 Å². The summed E-state index contributed by atoms with van der Waals surface area (Å²) in [6.07, 6.45) is 0. The molecule has 1 N–H and O–H groups in total. The summed E-state index contributed by atoms with van der Waals surface area (Å²) in [5.74, 6) is 1.22. The van der Waals surface area contributed by atoms with Gasteiger partial charge in [-0.15, -0.1) is 10.2 Å². The van der Waals surface area contributed by atoms with Crippen LogP contribution in [0.5, 0.6) is 0 Å². The zero-order valence-corrected chi connectivity index (χ0v) is 13.3. The predicted molar refractivity (Wildman–Crippen MR) is 79.1 cm³/mol. The minimum Gasteiger partial charge on any atom is -0.388 e. The van der Waals surface area contributed by atoms with Gasteiger partial charge in [-0.25, -0.2) is 0 Å². The number of aromatic nitrogens is 3. The van der Waals surface area contributed by atoms with Gasteiger partial charge >= 0.3 is 0 Å². The monoisotopic (exact) mass is 343 g/mol. The van der Waals surface area contributed by atoms with E-state index in [1.807, 2.05) is 37.5 Å². The van der Waals surface area contributed by atoms with Crippen molar-refractivity contribution in [1.82, 2.24) is 14.8 Å². The molecule has 0 aliphatic carbocycles. The fourth-order valence-electron chi connectivity index (χ4n) is 1.97. The van der Waals surface area contributed by atoms with E-state index in [1.165, 1.54) is 0 Å². The van der Waals surface area contributed by atoms with Crippen molar-refractivity contribution in [2.75, 3.05) is 0 Å². The predicted octanol–water partition coefficient (Wildman–Crippen LogP) is 3.61. The van der Waals surface area contributed by atoms with E-state index in [0.29, 0.717) is 16.7 Å². The Bertz CT molecular complexity index is 604. The van der Waals surface area contributed by atoms with E-state index in [0.717, 1.165) is 10.0 Å². The number of nitrogens with zero attached hydrogens (tertiary/aromatic N) is 3. The van der Waals surface area contributed by atoms with Crippen LogP contribution in [0.4, 0.5) is 0 Å². The van der Waals surface area contributed by atoms with Gasteiger partial charge in [-0.3, -0.25) is 0 Å². The molecule has 2 rings (SSSR count). The fourth-order valence-corrected chi connectivity index (χ4v) is 2.56. The highest BCUT2D eigenvalue weighted by molar-refractivity contribution is 9.10. The Balaban J connectivity index is 2.69. The largest absolute Gasteiger partial charge is 0.388 e. The van der Waals surface area contributed by atoms with Crippen molar-refractivity contribution in [3.63, 3.8) is 0 Å². The van der Waals surface area contributed by atoms with Crippen LogP contribution >= 0.6 is 27.5 Å². The molecule has 0 unspecified atom stereocenters. The van der Waals surface area contributed by atoms with Gasteiger partial charge in [0.1, 0.15) is 6.61 Å². The first-order chi connectivity index (χ1) is 8.84. The third kappa shape index (κ3) is 2.83. The topological polar surface area (TPSA) is 50.9 Å². The van der Waals surface area contributed by atoms with Gasteiger partial charge in [0.25, 0.3) is 0 Å². The van der Waals surface area contributed by atoms with E-state index in [1.54, 1.807) is 6.07 Å². The van der Waals surface area contributed by atoms with Gasteiger partial charge in [0.2, 0.25) is 0 Å². The van der Waals surface area contributed by atoms with Gasteiger partial charge in [-0.05, 0) is 39.0 Å². The highest BCUT2D eigenvalue weighted by Crippen LogP contribution is 2.33. The summed E-state index contributed by atoms with van der Waals surface area (Å²) in [4.78, 5) is 0. The van der Waals surface area contributed by atoms with E-state index < -0.39 is 0 Å². The number of aliphatic hydroxyl groups excluding tert-OH is 1. The highest BCUT2D eigenvalue weighted by Gasteiger charge is 2.24. The van der Waals surface area contributed by atoms with Gasteiger partial charge in [-0.1, -0.05) is 27.5 Å². The summed E-state index contributed by atoms with van der Waals surface area (Å²) >= 11 is 9.54. The number of rotatable bonds is 2. The van der Waals surface area contributed by atoms with E-state index in [4.69, 9.17) is 11.6 Å². The first-order valence-corrected chi connectivity index (χ1v) is 7.02. The second kappa shape index (κ2) is 5.23. The highest BCUT2D eigenvalue weighted by atomic mass is 79.9. The lowest BCUT2D eigenvalue weighted by Crippen LogP contribution is -2.25. The van der Waals surface area contributed by atoms with Gasteiger partial charge in [0.05, 0.1) is 0 Å². The minimum atomic E-state index is -0.237. The molecule has 1 heterocycles. The zero-order chi connectivity index (χ0) is 14.2. The summed E-state index contributed by atoms with van der Waals surface area (Å²) in [7, 11) is 0. The maximum atomic E-state index is 9.40. The van der Waals surface area contributed by atoms with Gasteiger partial charge in [0, 0.05) is 20.6 Å². The first kappa shape index (κ1) is 14.5. The normalized spacial score (nSPS) is 11.9. The maximum absolute atomic E-state index is 9.40. The Morgan fingerprint density at radius 1 is 1.32 bits per heavy atom. The Morgan fingerprint density at radius 2 is 2.00 bits per heavy atom. The molecule has 19 heavy (non-hydrogen) atoms. The molecule has 1 aromatic heterocycles. The molecule has 0 saturated heterocycles. The Labute approximate surface area is 125 Å². The molecule has 4 nitrogen and oxygen atoms in total. The Kier molecular flexibility index (Phi) is 3.99. The molecule has 0 fully saturated rings. The Hall–Kier alpha value is -0.910. The van der Waals surface area contributed by atoms with Crippen molar-refractivity contribution in [1.29, 1.82) is 0 Å². The maximum Gasteiger partial charge on any atom is 0.165 e. The summed E-state index contributed by atoms with van der Waals surface area (Å²) < 4.78 is 2.81. The van der Waals surface area contributed by atoms with E-state index in [9.17, 15) is 5.11 Å². The molecule has 0 saturated carbocycles. The minimum absolute atomic E-state index is 0.150. The lowest BCUT2D eigenvalue weighted by atomic mass is 10.1.